The molecule has 2 heteroatoms. The van der Waals surface area contributed by atoms with Crippen molar-refractivity contribution in [3.63, 3.8) is 0 Å². The number of nitrogens with one attached hydrogen (secondary N) is 1. The van der Waals surface area contributed by atoms with Crippen LogP contribution in [-0.4, -0.2) is 0 Å². The maximum atomic E-state index is 3.85. The van der Waals surface area contributed by atoms with Crippen molar-refractivity contribution in [2.75, 3.05) is 5.32 Å². The zero-order valence-corrected chi connectivity index (χ0v) is 40.2. The summed E-state index contributed by atoms with van der Waals surface area (Å²) in [5.74, 6) is 0. The van der Waals surface area contributed by atoms with Crippen LogP contribution in [0, 0.1) is 13.8 Å². The van der Waals surface area contributed by atoms with Crippen LogP contribution in [-0.2, 0) is 0 Å². The van der Waals surface area contributed by atoms with Gasteiger partial charge in [0.05, 0.1) is 0 Å². The van der Waals surface area contributed by atoms with Gasteiger partial charge in [0.2, 0.25) is 0 Å². The average molecular weight is 886 g/mol. The normalized spacial score (nSPS) is 11.0. The standard InChI is InChI=1S/C38H31N.C25H22S.C2H6/c1-27-9-6-7-12-36(27)38-14-8-13-37(28(38)2)33-17-15-30(16-18-33)32-21-25-35(26-22-32)39-34-23-19-31(20-24-34)29-10-4-3-5-11-29;1-3-8-18(9-4-2)19-14-16-20(17-15-19)21-11-7-12-23-22-10-5-6-13-24(22)26-25(21)23;1-2/h3-26,39H,1-2H3;3,5-8,10-17H,1,4,9H2,2H3;1-2H3/b;18-8+;. The predicted octanol–water partition coefficient (Wildman–Crippen LogP) is 19.8. The Labute approximate surface area is 402 Å². The van der Waals surface area contributed by atoms with E-state index >= 15 is 0 Å². The topological polar surface area (TPSA) is 12.0 Å². The lowest BCUT2D eigenvalue weighted by Gasteiger charge is -2.14. The van der Waals surface area contributed by atoms with Gasteiger partial charge in [0.15, 0.2) is 0 Å². The molecule has 0 saturated carbocycles. The van der Waals surface area contributed by atoms with Crippen LogP contribution in [0.4, 0.5) is 11.4 Å². The highest BCUT2D eigenvalue weighted by molar-refractivity contribution is 7.26. The van der Waals surface area contributed by atoms with Crippen LogP contribution in [0.1, 0.15) is 50.3 Å². The maximum Gasteiger partial charge on any atom is 0.0433 e. The Morgan fingerprint density at radius 3 is 1.58 bits per heavy atom. The highest BCUT2D eigenvalue weighted by Gasteiger charge is 2.12. The molecule has 0 bridgehead atoms. The second-order valence-electron chi connectivity index (χ2n) is 16.6. The third kappa shape index (κ3) is 10.6. The van der Waals surface area contributed by atoms with Crippen LogP contribution in [0.15, 0.2) is 231 Å². The van der Waals surface area contributed by atoms with Gasteiger partial charge < -0.3 is 5.32 Å². The first-order chi connectivity index (χ1) is 33.0. The van der Waals surface area contributed by atoms with Crippen LogP contribution < -0.4 is 5.32 Å². The quantitative estimate of drug-likeness (QED) is 0.128. The van der Waals surface area contributed by atoms with Gasteiger partial charge in [0, 0.05) is 31.5 Å². The van der Waals surface area contributed by atoms with E-state index in [1.54, 1.807) is 0 Å². The molecule has 1 N–H and O–H groups in total. The van der Waals surface area contributed by atoms with Gasteiger partial charge in [0.25, 0.3) is 0 Å². The smallest absolute Gasteiger partial charge is 0.0433 e. The molecular weight excluding hydrogens is 827 g/mol. The largest absolute Gasteiger partial charge is 0.356 e. The van der Waals surface area contributed by atoms with E-state index in [4.69, 9.17) is 0 Å². The van der Waals surface area contributed by atoms with E-state index < -0.39 is 0 Å². The SMILES string of the molecule is C=C/C=C(\CCC)c1ccc(-c2cccc3c2sc2ccccc23)cc1.CC.Cc1ccccc1-c1cccc(-c2ccc(-c3ccc(Nc4ccc(-c5ccccc5)cc4)cc3)cc2)c1C. The first-order valence-electron chi connectivity index (χ1n) is 23.6. The minimum absolute atomic E-state index is 1.08. The molecule has 9 aromatic carbocycles. The molecule has 0 fully saturated rings. The summed E-state index contributed by atoms with van der Waals surface area (Å²) in [7, 11) is 0. The number of hydrogen-bond acceptors (Lipinski definition) is 2. The summed E-state index contributed by atoms with van der Waals surface area (Å²) >= 11 is 1.89. The van der Waals surface area contributed by atoms with Gasteiger partial charge in [-0.05, 0) is 128 Å². The minimum atomic E-state index is 1.08. The monoisotopic (exact) mass is 885 g/mol. The predicted molar refractivity (Wildman–Crippen MR) is 297 cm³/mol. The van der Waals surface area contributed by atoms with Crippen molar-refractivity contribution < 1.29 is 0 Å². The van der Waals surface area contributed by atoms with E-state index in [-0.39, 0.29) is 0 Å². The molecule has 0 aliphatic heterocycles. The molecule has 0 amide bonds. The van der Waals surface area contributed by atoms with Crippen LogP contribution >= 0.6 is 11.3 Å². The van der Waals surface area contributed by atoms with E-state index in [1.807, 2.05) is 37.3 Å². The fourth-order valence-corrected chi connectivity index (χ4v) is 10.1. The molecule has 1 nitrogen and oxygen atoms in total. The molecular formula is C65H59NS. The Morgan fingerprint density at radius 2 is 0.940 bits per heavy atom. The molecule has 330 valence electrons. The van der Waals surface area contributed by atoms with E-state index in [0.29, 0.717) is 0 Å². The molecule has 10 rings (SSSR count). The maximum absolute atomic E-state index is 3.85. The molecule has 0 unspecified atom stereocenters. The van der Waals surface area contributed by atoms with Gasteiger partial charge in [-0.2, -0.15) is 0 Å². The second-order valence-corrected chi connectivity index (χ2v) is 17.6. The second kappa shape index (κ2) is 22.1. The lowest BCUT2D eigenvalue weighted by atomic mass is 9.90. The first kappa shape index (κ1) is 46.0. The highest BCUT2D eigenvalue weighted by atomic mass is 32.1. The van der Waals surface area contributed by atoms with Gasteiger partial charge in [0.1, 0.15) is 0 Å². The number of fused-ring (bicyclic) bond motifs is 3. The molecule has 0 radical (unpaired) electrons. The number of benzene rings is 9. The first-order valence-corrected chi connectivity index (χ1v) is 24.4. The number of rotatable bonds is 11. The van der Waals surface area contributed by atoms with Crippen molar-refractivity contribution in [1.29, 1.82) is 0 Å². The van der Waals surface area contributed by atoms with E-state index in [1.165, 1.54) is 98.1 Å². The number of hydrogen-bond donors (Lipinski definition) is 1. The Morgan fingerprint density at radius 1 is 0.463 bits per heavy atom. The molecule has 0 atom stereocenters. The summed E-state index contributed by atoms with van der Waals surface area (Å²) in [6, 6.07) is 76.1. The molecule has 10 aromatic rings. The Kier molecular flexibility index (Phi) is 15.2. The molecule has 1 heterocycles. The van der Waals surface area contributed by atoms with Crippen LogP contribution in [0.2, 0.25) is 0 Å². The summed E-state index contributed by atoms with van der Waals surface area (Å²) in [6.45, 7) is 14.5. The fraction of sp³-hybridized carbons (Fsp3) is 0.108. The van der Waals surface area contributed by atoms with Crippen LogP contribution in [0.25, 0.3) is 81.4 Å². The van der Waals surface area contributed by atoms with Gasteiger partial charge >= 0.3 is 0 Å². The fourth-order valence-electron chi connectivity index (χ4n) is 8.82. The zero-order chi connectivity index (χ0) is 46.5. The van der Waals surface area contributed by atoms with Gasteiger partial charge in [-0.1, -0.05) is 228 Å². The van der Waals surface area contributed by atoms with Crippen LogP contribution in [0.3, 0.4) is 0 Å². The summed E-state index contributed by atoms with van der Waals surface area (Å²) in [5.41, 5.74) is 20.0. The zero-order valence-electron chi connectivity index (χ0n) is 39.4. The molecule has 0 spiro atoms. The van der Waals surface area contributed by atoms with Gasteiger partial charge in [-0.15, -0.1) is 11.3 Å². The lowest BCUT2D eigenvalue weighted by Crippen LogP contribution is -1.91. The van der Waals surface area contributed by atoms with Crippen molar-refractivity contribution >= 4 is 48.5 Å². The van der Waals surface area contributed by atoms with Crippen molar-refractivity contribution in [3.05, 3.63) is 248 Å². The van der Waals surface area contributed by atoms with Gasteiger partial charge in [-0.25, -0.2) is 0 Å². The third-order valence-corrected chi connectivity index (χ3v) is 13.5. The Hall–Kier alpha value is -7.52. The minimum Gasteiger partial charge on any atom is -0.356 e. The van der Waals surface area contributed by atoms with Crippen molar-refractivity contribution in [3.8, 4) is 55.6 Å². The lowest BCUT2D eigenvalue weighted by molar-refractivity contribution is 0.973. The Balaban J connectivity index is 0.000000189. The van der Waals surface area contributed by atoms with E-state index in [0.717, 1.165) is 24.2 Å². The van der Waals surface area contributed by atoms with E-state index in [2.05, 4.69) is 245 Å². The van der Waals surface area contributed by atoms with Crippen molar-refractivity contribution in [2.45, 2.75) is 47.5 Å². The number of allylic oxidation sites excluding steroid dienone is 3. The van der Waals surface area contributed by atoms with Crippen molar-refractivity contribution in [2.24, 2.45) is 0 Å². The summed E-state index contributed by atoms with van der Waals surface area (Å²) in [6.07, 6.45) is 6.24. The van der Waals surface area contributed by atoms with E-state index in [9.17, 15) is 0 Å². The summed E-state index contributed by atoms with van der Waals surface area (Å²) < 4.78 is 2.72. The van der Waals surface area contributed by atoms with Gasteiger partial charge in [-0.3, -0.25) is 0 Å². The number of thiophene rings is 1. The molecule has 1 aromatic heterocycles. The summed E-state index contributed by atoms with van der Waals surface area (Å²) in [4.78, 5) is 0. The van der Waals surface area contributed by atoms with Crippen LogP contribution in [0.5, 0.6) is 0 Å². The summed E-state index contributed by atoms with van der Waals surface area (Å²) in [5, 5.41) is 6.22. The van der Waals surface area contributed by atoms with Crippen molar-refractivity contribution in [1.82, 2.24) is 0 Å². The molecule has 67 heavy (non-hydrogen) atoms. The highest BCUT2D eigenvalue weighted by Crippen LogP contribution is 2.40. The number of aryl methyl sites for hydroxylation is 1. The average Bonchev–Trinajstić information content (AvgIpc) is 3.78. The number of anilines is 2. The molecule has 0 aliphatic carbocycles. The third-order valence-electron chi connectivity index (χ3n) is 12.3. The Bertz CT molecular complexity index is 3220. The molecule has 0 aliphatic rings. The molecule has 0 saturated heterocycles.